The van der Waals surface area contributed by atoms with Crippen LogP contribution in [0.2, 0.25) is 0 Å². The first-order valence-electron chi connectivity index (χ1n) is 28.7. The second-order valence-corrected chi connectivity index (χ2v) is 19.4. The van der Waals surface area contributed by atoms with E-state index in [1.807, 2.05) is 0 Å². The summed E-state index contributed by atoms with van der Waals surface area (Å²) in [7, 11) is 0. The summed E-state index contributed by atoms with van der Waals surface area (Å²) in [6, 6.07) is 9.91. The smallest absolute Gasteiger partial charge is 0.306 e. The van der Waals surface area contributed by atoms with Crippen molar-refractivity contribution in [2.24, 2.45) is 0 Å². The molecule has 492 valence electrons. The summed E-state index contributed by atoms with van der Waals surface area (Å²) in [4.78, 5) is 139. The number of carboxylic acids is 6. The van der Waals surface area contributed by atoms with Crippen LogP contribution in [0.25, 0.3) is 32.3 Å². The number of esters is 6. The van der Waals surface area contributed by atoms with Crippen LogP contribution >= 0.6 is 0 Å². The van der Waals surface area contributed by atoms with Gasteiger partial charge >= 0.3 is 71.6 Å². The highest BCUT2D eigenvalue weighted by molar-refractivity contribution is 6.27. The van der Waals surface area contributed by atoms with Gasteiger partial charge in [0.05, 0.1) is 156 Å². The van der Waals surface area contributed by atoms with E-state index in [0.29, 0.717) is 32.3 Å². The van der Waals surface area contributed by atoms with Gasteiger partial charge in [0.25, 0.3) is 0 Å². The lowest BCUT2D eigenvalue weighted by Gasteiger charge is -2.21. The molecule has 0 fully saturated rings. The molecule has 0 atom stereocenters. The molecular weight excluding hydrogens is 1200 g/mol. The van der Waals surface area contributed by atoms with Crippen molar-refractivity contribution in [2.45, 2.75) is 116 Å². The third-order valence-corrected chi connectivity index (χ3v) is 12.2. The predicted molar refractivity (Wildman–Crippen MR) is 307 cm³/mol. The Hall–Kier alpha value is -9.90. The predicted octanol–water partition coefficient (Wildman–Crippen LogP) is 6.21. The van der Waals surface area contributed by atoms with Gasteiger partial charge in [-0.1, -0.05) is 0 Å². The monoisotopic (exact) mass is 1270 g/mol. The zero-order valence-electron chi connectivity index (χ0n) is 49.2. The maximum Gasteiger partial charge on any atom is 0.306 e. The van der Waals surface area contributed by atoms with E-state index in [1.54, 1.807) is 36.4 Å². The lowest BCUT2D eigenvalue weighted by molar-refractivity contribution is -0.148. The largest absolute Gasteiger partial charge is 0.490 e. The summed E-state index contributed by atoms with van der Waals surface area (Å²) in [5.74, 6) is -10.7. The minimum Gasteiger partial charge on any atom is -0.490 e. The SMILES string of the molecule is O=C(O)CCC(=O)OCCCOc1cc2c3cc(OCCCOC(=O)CCC(=O)O)c(OCCCOC(=O)CCC(=O)O)cc3c3cc(OCCCOC(=O)CCC(=O)O)c(OCCCOC(=O)CCC(=O)O)cc3c2cc1OCCCOC(=O)CCC(=O)O. The normalized spacial score (nSPS) is 10.8. The number of benzene rings is 4. The number of carbonyl (C=O) groups is 12. The van der Waals surface area contributed by atoms with Crippen LogP contribution in [0, 0.1) is 0 Å². The number of carboxylic acid groups (broad SMARTS) is 6. The highest BCUT2D eigenvalue weighted by Gasteiger charge is 2.22. The number of carbonyl (C=O) groups excluding carboxylic acids is 6. The standard InChI is InChI=1S/C60H72O30/c61-49(62)7-13-55(73)85-25-1-19-79-43-31-37-38(32-44(43)80-20-2-26-86-56(74)14-8-50(63)64)40-34-46(82-22-4-28-88-58(76)16-10-52(67)68)48(84-24-6-30-90-60(78)18-12-54(71)72)36-42(40)41-35-47(83-23-5-29-89-59(77)17-11-53(69)70)45(33-39(37)41)81-21-3-27-87-57(75)15-9-51(65)66/h31-36H,1-30H2,(H,61,62)(H,63,64)(H,65,66)(H,67,68)(H,69,70)(H,71,72). The van der Waals surface area contributed by atoms with Crippen LogP contribution in [0.4, 0.5) is 0 Å². The van der Waals surface area contributed by atoms with Gasteiger partial charge in [-0.2, -0.15) is 0 Å². The fourth-order valence-electron chi connectivity index (χ4n) is 7.94. The van der Waals surface area contributed by atoms with Crippen LogP contribution < -0.4 is 28.4 Å². The van der Waals surface area contributed by atoms with Crippen molar-refractivity contribution in [1.82, 2.24) is 0 Å². The summed E-state index contributed by atoms with van der Waals surface area (Å²) in [5.41, 5.74) is 0. The third-order valence-electron chi connectivity index (χ3n) is 12.2. The van der Waals surface area contributed by atoms with E-state index in [9.17, 15) is 57.5 Å². The molecule has 0 radical (unpaired) electrons. The summed E-state index contributed by atoms with van der Waals surface area (Å²) in [5, 5.41) is 56.8. The van der Waals surface area contributed by atoms with Gasteiger partial charge in [-0.15, -0.1) is 0 Å². The van der Waals surface area contributed by atoms with Gasteiger partial charge in [-0.25, -0.2) is 0 Å². The van der Waals surface area contributed by atoms with E-state index in [1.165, 1.54) is 0 Å². The average Bonchev–Trinajstić information content (AvgIpc) is 0.737. The zero-order valence-corrected chi connectivity index (χ0v) is 49.2. The number of rotatable bonds is 48. The molecule has 0 amide bonds. The van der Waals surface area contributed by atoms with Crippen LogP contribution in [0.15, 0.2) is 36.4 Å². The van der Waals surface area contributed by atoms with Crippen LogP contribution in [0.3, 0.4) is 0 Å². The Bertz CT molecular complexity index is 2590. The van der Waals surface area contributed by atoms with E-state index in [2.05, 4.69) is 0 Å². The minimum atomic E-state index is -1.19. The highest BCUT2D eigenvalue weighted by atomic mass is 16.6. The third kappa shape index (κ3) is 28.3. The Morgan fingerprint density at radius 3 is 0.467 bits per heavy atom. The molecule has 0 heterocycles. The van der Waals surface area contributed by atoms with Crippen LogP contribution in [-0.4, -0.2) is 182 Å². The van der Waals surface area contributed by atoms with Crippen molar-refractivity contribution in [3.8, 4) is 34.5 Å². The summed E-state index contributed by atoms with van der Waals surface area (Å²) < 4.78 is 69.0. The lowest BCUT2D eigenvalue weighted by Crippen LogP contribution is -2.12. The molecule has 4 aromatic rings. The van der Waals surface area contributed by atoms with Crippen LogP contribution in [-0.2, 0) is 86.0 Å². The Kier molecular flexibility index (Phi) is 32.1. The van der Waals surface area contributed by atoms with Gasteiger partial charge in [0.1, 0.15) is 0 Å². The zero-order chi connectivity index (χ0) is 65.8. The summed E-state index contributed by atoms with van der Waals surface area (Å²) in [6.45, 7) is -1.43. The number of aliphatic carboxylic acids is 6. The van der Waals surface area contributed by atoms with E-state index < -0.39 is 110 Å². The molecule has 0 unspecified atom stereocenters. The Labute approximate surface area is 513 Å². The molecular formula is C60H72O30. The molecule has 90 heavy (non-hydrogen) atoms. The van der Waals surface area contributed by atoms with Gasteiger partial charge in [-0.3, -0.25) is 57.5 Å². The van der Waals surface area contributed by atoms with Crippen LogP contribution in [0.1, 0.15) is 116 Å². The second-order valence-electron chi connectivity index (χ2n) is 19.4. The average molecular weight is 1270 g/mol. The van der Waals surface area contributed by atoms with Crippen molar-refractivity contribution >= 4 is 104 Å². The number of fused-ring (bicyclic) bond motifs is 6. The maximum absolute atomic E-state index is 12.2. The van der Waals surface area contributed by atoms with E-state index >= 15 is 0 Å². The van der Waals surface area contributed by atoms with Gasteiger partial charge < -0.3 is 87.5 Å². The number of hydrogen-bond donors (Lipinski definition) is 6. The first-order valence-corrected chi connectivity index (χ1v) is 28.7. The lowest BCUT2D eigenvalue weighted by atomic mass is 9.93. The molecule has 0 aliphatic carbocycles. The van der Waals surface area contributed by atoms with E-state index in [0.717, 1.165) is 0 Å². The fourth-order valence-corrected chi connectivity index (χ4v) is 7.94. The van der Waals surface area contributed by atoms with Crippen molar-refractivity contribution in [3.63, 3.8) is 0 Å². The first-order chi connectivity index (χ1) is 43.1. The minimum absolute atomic E-state index is 0.0853. The van der Waals surface area contributed by atoms with Gasteiger partial charge in [0, 0.05) is 38.5 Å². The molecule has 4 rings (SSSR count). The molecule has 0 saturated carbocycles. The molecule has 0 aliphatic heterocycles. The molecule has 0 saturated heterocycles. The van der Waals surface area contributed by atoms with Crippen molar-refractivity contribution in [1.29, 1.82) is 0 Å². The maximum atomic E-state index is 12.2. The molecule has 0 bridgehead atoms. The molecule has 30 heteroatoms. The van der Waals surface area contributed by atoms with Crippen molar-refractivity contribution < 1.29 is 145 Å². The quantitative estimate of drug-likeness (QED) is 0.0124. The molecule has 30 nitrogen and oxygen atoms in total. The van der Waals surface area contributed by atoms with Crippen molar-refractivity contribution in [3.05, 3.63) is 36.4 Å². The molecule has 0 aromatic heterocycles. The molecule has 0 aliphatic rings. The topological polar surface area (TPSA) is 437 Å². The van der Waals surface area contributed by atoms with Gasteiger partial charge in [0.2, 0.25) is 0 Å². The summed E-state index contributed by atoms with van der Waals surface area (Å²) >= 11 is 0. The Balaban J connectivity index is 1.92. The van der Waals surface area contributed by atoms with E-state index in [-0.39, 0.29) is 191 Å². The van der Waals surface area contributed by atoms with Crippen LogP contribution in [0.5, 0.6) is 34.5 Å². The van der Waals surface area contributed by atoms with E-state index in [4.69, 9.17) is 87.5 Å². The second kappa shape index (κ2) is 39.8. The van der Waals surface area contributed by atoms with Crippen molar-refractivity contribution in [2.75, 3.05) is 79.3 Å². The number of ether oxygens (including phenoxy) is 12. The number of hydrogen-bond acceptors (Lipinski definition) is 24. The Morgan fingerprint density at radius 2 is 0.344 bits per heavy atom. The molecule has 0 spiro atoms. The fraction of sp³-hybridized carbons (Fsp3) is 0.500. The van der Waals surface area contributed by atoms with Gasteiger partial charge in [0.15, 0.2) is 34.5 Å². The molecule has 6 N–H and O–H groups in total. The first kappa shape index (κ1) is 72.6. The highest BCUT2D eigenvalue weighted by Crippen LogP contribution is 2.47. The molecule has 4 aromatic carbocycles. The Morgan fingerprint density at radius 1 is 0.211 bits per heavy atom. The summed E-state index contributed by atoms with van der Waals surface area (Å²) in [6.07, 6.45) is -4.07. The van der Waals surface area contributed by atoms with Gasteiger partial charge in [-0.05, 0) is 68.7 Å².